The lowest BCUT2D eigenvalue weighted by molar-refractivity contribution is -0.131. The van der Waals surface area contributed by atoms with Gasteiger partial charge in [0.2, 0.25) is 0 Å². The Morgan fingerprint density at radius 2 is 1.94 bits per heavy atom. The third-order valence-electron chi connectivity index (χ3n) is 1.98. The molecule has 0 aromatic heterocycles. The number of ketones is 1. The highest BCUT2D eigenvalue weighted by molar-refractivity contribution is 5.94. The maximum Gasteiger partial charge on any atom is 0.328 e. The van der Waals surface area contributed by atoms with E-state index in [0.717, 1.165) is 11.8 Å². The minimum Gasteiger partial charge on any atom is -0.478 e. The zero-order valence-corrected chi connectivity index (χ0v) is 8.93. The van der Waals surface area contributed by atoms with E-state index in [0.29, 0.717) is 12.1 Å². The van der Waals surface area contributed by atoms with E-state index < -0.39 is 5.97 Å². The molecule has 1 aromatic rings. The Morgan fingerprint density at radius 3 is 2.44 bits per heavy atom. The number of hydrogen-bond donors (Lipinski definition) is 2. The first kappa shape index (κ1) is 12.0. The van der Waals surface area contributed by atoms with Crippen molar-refractivity contribution in [3.8, 4) is 0 Å². The Balaban J connectivity index is 2.49. The maximum absolute atomic E-state index is 11.0. The van der Waals surface area contributed by atoms with Crippen LogP contribution in [0.5, 0.6) is 0 Å². The molecule has 84 valence electrons. The summed E-state index contributed by atoms with van der Waals surface area (Å²) in [6, 6.07) is 7.02. The standard InChI is InChI=1S/C12H13NO3/c1-9(14)10-4-6-11(7-5-10)13-8-2-3-12(15)16/h2-7,13H,8H2,1H3,(H,15,16)/b3-2+. The van der Waals surface area contributed by atoms with Crippen LogP contribution in [-0.2, 0) is 4.79 Å². The van der Waals surface area contributed by atoms with Crippen molar-refractivity contribution < 1.29 is 14.7 Å². The Bertz CT molecular complexity index is 407. The molecule has 0 saturated carbocycles. The molecule has 1 aromatic carbocycles. The predicted molar refractivity (Wildman–Crippen MR) is 61.7 cm³/mol. The van der Waals surface area contributed by atoms with Crippen LogP contribution in [0.15, 0.2) is 36.4 Å². The average Bonchev–Trinajstić information content (AvgIpc) is 2.25. The van der Waals surface area contributed by atoms with Crippen LogP contribution in [0.2, 0.25) is 0 Å². The fourth-order valence-electron chi connectivity index (χ4n) is 1.16. The van der Waals surface area contributed by atoms with Crippen molar-refractivity contribution in [2.45, 2.75) is 6.92 Å². The number of Topliss-reactive ketones (excluding diaryl/α,β-unsaturated/α-hetero) is 1. The number of aliphatic carboxylic acids is 1. The maximum atomic E-state index is 11.0. The predicted octanol–water partition coefficient (Wildman–Crippen LogP) is 1.94. The number of nitrogens with one attached hydrogen (secondary N) is 1. The summed E-state index contributed by atoms with van der Waals surface area (Å²) >= 11 is 0. The van der Waals surface area contributed by atoms with Crippen molar-refractivity contribution >= 4 is 17.4 Å². The second kappa shape index (κ2) is 5.70. The van der Waals surface area contributed by atoms with Crippen LogP contribution in [0, 0.1) is 0 Å². The molecule has 4 heteroatoms. The highest BCUT2D eigenvalue weighted by Crippen LogP contribution is 2.09. The zero-order valence-electron chi connectivity index (χ0n) is 8.93. The lowest BCUT2D eigenvalue weighted by atomic mass is 10.1. The van der Waals surface area contributed by atoms with Gasteiger partial charge in [-0.2, -0.15) is 0 Å². The lowest BCUT2D eigenvalue weighted by Crippen LogP contribution is -2.00. The second-order valence-electron chi connectivity index (χ2n) is 3.26. The number of rotatable bonds is 5. The van der Waals surface area contributed by atoms with Gasteiger partial charge in [0, 0.05) is 23.9 Å². The van der Waals surface area contributed by atoms with Gasteiger partial charge in [-0.25, -0.2) is 4.79 Å². The molecule has 0 atom stereocenters. The van der Waals surface area contributed by atoms with Crippen molar-refractivity contribution in [2.24, 2.45) is 0 Å². The molecule has 0 fully saturated rings. The van der Waals surface area contributed by atoms with Crippen LogP contribution < -0.4 is 5.32 Å². The van der Waals surface area contributed by atoms with Gasteiger partial charge in [-0.1, -0.05) is 6.08 Å². The summed E-state index contributed by atoms with van der Waals surface area (Å²) < 4.78 is 0. The zero-order chi connectivity index (χ0) is 12.0. The minimum atomic E-state index is -0.964. The normalized spacial score (nSPS) is 10.3. The van der Waals surface area contributed by atoms with E-state index in [9.17, 15) is 9.59 Å². The number of carboxylic acids is 1. The quantitative estimate of drug-likeness (QED) is 0.586. The van der Waals surface area contributed by atoms with Gasteiger partial charge < -0.3 is 10.4 Å². The molecular weight excluding hydrogens is 206 g/mol. The third kappa shape index (κ3) is 3.96. The van der Waals surface area contributed by atoms with Crippen molar-refractivity contribution in [3.63, 3.8) is 0 Å². The smallest absolute Gasteiger partial charge is 0.328 e. The largest absolute Gasteiger partial charge is 0.478 e. The molecule has 0 heterocycles. The van der Waals surface area contributed by atoms with Crippen LogP contribution >= 0.6 is 0 Å². The third-order valence-corrected chi connectivity index (χ3v) is 1.98. The molecule has 0 aliphatic carbocycles. The van der Waals surface area contributed by atoms with Gasteiger partial charge in [-0.15, -0.1) is 0 Å². The Hall–Kier alpha value is -2.10. The van der Waals surface area contributed by atoms with E-state index in [4.69, 9.17) is 5.11 Å². The molecule has 0 spiro atoms. The Labute approximate surface area is 93.6 Å². The van der Waals surface area contributed by atoms with E-state index in [1.165, 1.54) is 13.0 Å². The van der Waals surface area contributed by atoms with Gasteiger partial charge in [-0.05, 0) is 31.2 Å². The molecule has 0 aliphatic heterocycles. The Morgan fingerprint density at radius 1 is 1.31 bits per heavy atom. The van der Waals surface area contributed by atoms with E-state index in [-0.39, 0.29) is 5.78 Å². The molecule has 0 bridgehead atoms. The molecule has 16 heavy (non-hydrogen) atoms. The summed E-state index contributed by atoms with van der Waals surface area (Å²) in [5, 5.41) is 11.4. The van der Waals surface area contributed by atoms with Crippen molar-refractivity contribution in [3.05, 3.63) is 42.0 Å². The van der Waals surface area contributed by atoms with Gasteiger partial charge in [0.05, 0.1) is 0 Å². The SMILES string of the molecule is CC(=O)c1ccc(NC/C=C/C(=O)O)cc1. The molecule has 0 aliphatic rings. The highest BCUT2D eigenvalue weighted by Gasteiger charge is 1.97. The highest BCUT2D eigenvalue weighted by atomic mass is 16.4. The monoisotopic (exact) mass is 219 g/mol. The van der Waals surface area contributed by atoms with E-state index in [1.54, 1.807) is 24.3 Å². The van der Waals surface area contributed by atoms with E-state index in [1.807, 2.05) is 0 Å². The summed E-state index contributed by atoms with van der Waals surface area (Å²) in [6.45, 7) is 1.95. The van der Waals surface area contributed by atoms with Gasteiger partial charge in [0.15, 0.2) is 5.78 Å². The number of benzene rings is 1. The molecule has 0 radical (unpaired) electrons. The summed E-state index contributed by atoms with van der Waals surface area (Å²) in [5.74, 6) is -0.939. The number of hydrogen-bond acceptors (Lipinski definition) is 3. The fraction of sp³-hybridized carbons (Fsp3) is 0.167. The molecule has 0 saturated heterocycles. The summed E-state index contributed by atoms with van der Waals surface area (Å²) in [6.07, 6.45) is 2.60. The lowest BCUT2D eigenvalue weighted by Gasteiger charge is -2.03. The second-order valence-corrected chi connectivity index (χ2v) is 3.26. The summed E-state index contributed by atoms with van der Waals surface area (Å²) in [5.41, 5.74) is 1.51. The van der Waals surface area contributed by atoms with Gasteiger partial charge >= 0.3 is 5.97 Å². The topological polar surface area (TPSA) is 66.4 Å². The number of carbonyl (C=O) groups excluding carboxylic acids is 1. The van der Waals surface area contributed by atoms with Crippen molar-refractivity contribution in [2.75, 3.05) is 11.9 Å². The molecule has 1 rings (SSSR count). The fourth-order valence-corrected chi connectivity index (χ4v) is 1.16. The van der Waals surface area contributed by atoms with Crippen LogP contribution in [0.25, 0.3) is 0 Å². The van der Waals surface area contributed by atoms with Gasteiger partial charge in [0.1, 0.15) is 0 Å². The number of carbonyl (C=O) groups is 2. The molecule has 2 N–H and O–H groups in total. The first-order chi connectivity index (χ1) is 7.59. The molecular formula is C12H13NO3. The first-order valence-corrected chi connectivity index (χ1v) is 4.84. The van der Waals surface area contributed by atoms with Crippen molar-refractivity contribution in [1.29, 1.82) is 0 Å². The minimum absolute atomic E-state index is 0.0253. The average molecular weight is 219 g/mol. The summed E-state index contributed by atoms with van der Waals surface area (Å²) in [7, 11) is 0. The van der Waals surface area contributed by atoms with Crippen LogP contribution in [0.1, 0.15) is 17.3 Å². The van der Waals surface area contributed by atoms with Gasteiger partial charge in [-0.3, -0.25) is 4.79 Å². The first-order valence-electron chi connectivity index (χ1n) is 4.84. The van der Waals surface area contributed by atoms with Crippen LogP contribution in [0.4, 0.5) is 5.69 Å². The molecule has 4 nitrogen and oxygen atoms in total. The molecule has 0 unspecified atom stereocenters. The Kier molecular flexibility index (Phi) is 4.27. The number of carboxylic acid groups (broad SMARTS) is 1. The van der Waals surface area contributed by atoms with Crippen LogP contribution in [-0.4, -0.2) is 23.4 Å². The van der Waals surface area contributed by atoms with E-state index >= 15 is 0 Å². The van der Waals surface area contributed by atoms with Gasteiger partial charge in [0.25, 0.3) is 0 Å². The summed E-state index contributed by atoms with van der Waals surface area (Å²) in [4.78, 5) is 21.2. The number of anilines is 1. The van der Waals surface area contributed by atoms with E-state index in [2.05, 4.69) is 5.32 Å². The van der Waals surface area contributed by atoms with Crippen LogP contribution in [0.3, 0.4) is 0 Å². The molecule has 0 amide bonds. The van der Waals surface area contributed by atoms with Crippen molar-refractivity contribution in [1.82, 2.24) is 0 Å².